The first-order valence-electron chi connectivity index (χ1n) is 12.9. The standard InChI is InChI=1S/C28H37N3O8/c1-7-8-31(4)12-14-11-17(32)19-15(24(14)38-5)9-13-10-16-21(30(2)3)23(34)20(27(29)37)26(36)28(16,39-6)25(35)18(13)22(19)33/h11,13,16,21,32-33,36H,7-10,12H2,1-6H3,(H2,29,37)/t13?,16?,21-,28-/m0/s1. The van der Waals surface area contributed by atoms with Gasteiger partial charge in [0, 0.05) is 36.3 Å². The molecule has 1 fully saturated rings. The second-order valence-electron chi connectivity index (χ2n) is 10.8. The molecule has 11 heteroatoms. The highest BCUT2D eigenvalue weighted by Gasteiger charge is 2.65. The summed E-state index contributed by atoms with van der Waals surface area (Å²) in [6.45, 7) is 3.40. The summed E-state index contributed by atoms with van der Waals surface area (Å²) in [5, 5.41) is 33.7. The maximum atomic E-state index is 14.2. The first-order valence-corrected chi connectivity index (χ1v) is 12.9. The third-order valence-electron chi connectivity index (χ3n) is 8.29. The van der Waals surface area contributed by atoms with Crippen molar-refractivity contribution in [3.8, 4) is 11.5 Å². The number of aliphatic hydroxyl groups excluding tert-OH is 2. The maximum absolute atomic E-state index is 14.2. The number of primary amides is 1. The number of ether oxygens (including phenoxy) is 2. The summed E-state index contributed by atoms with van der Waals surface area (Å²) in [7, 11) is 7.95. The summed E-state index contributed by atoms with van der Waals surface area (Å²) >= 11 is 0. The highest BCUT2D eigenvalue weighted by molar-refractivity contribution is 6.24. The largest absolute Gasteiger partial charge is 0.508 e. The van der Waals surface area contributed by atoms with E-state index < -0.39 is 58.0 Å². The van der Waals surface area contributed by atoms with E-state index in [0.717, 1.165) is 18.5 Å². The molecule has 0 aromatic heterocycles. The highest BCUT2D eigenvalue weighted by Crippen LogP contribution is 2.55. The van der Waals surface area contributed by atoms with E-state index >= 15 is 0 Å². The fourth-order valence-corrected chi connectivity index (χ4v) is 6.80. The molecule has 39 heavy (non-hydrogen) atoms. The minimum absolute atomic E-state index is 0.0453. The average molecular weight is 544 g/mol. The monoisotopic (exact) mass is 543 g/mol. The van der Waals surface area contributed by atoms with Crippen LogP contribution in [0, 0.1) is 11.8 Å². The minimum Gasteiger partial charge on any atom is -0.508 e. The van der Waals surface area contributed by atoms with Crippen molar-refractivity contribution in [3.63, 3.8) is 0 Å². The van der Waals surface area contributed by atoms with E-state index in [2.05, 4.69) is 11.8 Å². The minimum atomic E-state index is -2.12. The van der Waals surface area contributed by atoms with Crippen molar-refractivity contribution in [2.24, 2.45) is 17.6 Å². The van der Waals surface area contributed by atoms with E-state index in [1.165, 1.54) is 20.3 Å². The number of likely N-dealkylation sites (N-methyl/N-ethyl adjacent to an activating group) is 1. The van der Waals surface area contributed by atoms with Gasteiger partial charge in [-0.2, -0.15) is 0 Å². The number of aliphatic hydroxyl groups is 2. The first-order chi connectivity index (χ1) is 18.4. The molecule has 4 rings (SSSR count). The molecule has 212 valence electrons. The Bertz CT molecular complexity index is 1300. The van der Waals surface area contributed by atoms with Gasteiger partial charge in [0.15, 0.2) is 11.4 Å². The van der Waals surface area contributed by atoms with Crippen LogP contribution in [0.15, 0.2) is 23.0 Å². The number of hydrogen-bond donors (Lipinski definition) is 4. The molecule has 2 unspecified atom stereocenters. The highest BCUT2D eigenvalue weighted by atomic mass is 16.5. The number of nitrogens with two attached hydrogens (primary N) is 1. The molecule has 1 amide bonds. The number of fused-ring (bicyclic) bond motifs is 3. The molecule has 1 aromatic rings. The number of Topliss-reactive ketones (excluding diaryl/α,β-unsaturated/α-hetero) is 2. The number of benzene rings is 1. The number of amides is 1. The van der Waals surface area contributed by atoms with Gasteiger partial charge in [0.05, 0.1) is 18.7 Å². The predicted octanol–water partition coefficient (Wildman–Crippen LogP) is 1.47. The van der Waals surface area contributed by atoms with Gasteiger partial charge in [-0.15, -0.1) is 0 Å². The predicted molar refractivity (Wildman–Crippen MR) is 142 cm³/mol. The molecule has 0 bridgehead atoms. The number of hydrogen-bond acceptors (Lipinski definition) is 10. The van der Waals surface area contributed by atoms with Crippen LogP contribution in [0.1, 0.15) is 36.5 Å². The van der Waals surface area contributed by atoms with Gasteiger partial charge in [0.1, 0.15) is 28.6 Å². The van der Waals surface area contributed by atoms with Crippen molar-refractivity contribution in [1.82, 2.24) is 9.80 Å². The molecule has 1 saturated carbocycles. The van der Waals surface area contributed by atoms with Crippen LogP contribution in [-0.4, -0.2) is 96.1 Å². The lowest BCUT2D eigenvalue weighted by Crippen LogP contribution is -2.66. The topological polar surface area (TPSA) is 163 Å². The Morgan fingerprint density at radius 1 is 1.18 bits per heavy atom. The Hall–Kier alpha value is -3.41. The third-order valence-corrected chi connectivity index (χ3v) is 8.29. The summed E-state index contributed by atoms with van der Waals surface area (Å²) in [6, 6.07) is 0.522. The zero-order chi connectivity index (χ0) is 29.0. The normalized spacial score (nSPS) is 26.6. The van der Waals surface area contributed by atoms with E-state index in [9.17, 15) is 29.7 Å². The number of ketones is 2. The molecule has 4 atom stereocenters. The van der Waals surface area contributed by atoms with Crippen molar-refractivity contribution >= 4 is 23.2 Å². The Balaban J connectivity index is 1.95. The molecule has 0 spiro atoms. The quantitative estimate of drug-likeness (QED) is 0.353. The molecule has 0 saturated heterocycles. The zero-order valence-corrected chi connectivity index (χ0v) is 23.2. The number of rotatable bonds is 8. The van der Waals surface area contributed by atoms with E-state index in [4.69, 9.17) is 15.2 Å². The molecule has 0 aliphatic heterocycles. The zero-order valence-electron chi connectivity index (χ0n) is 23.2. The second kappa shape index (κ2) is 10.3. The van der Waals surface area contributed by atoms with E-state index in [-0.39, 0.29) is 29.7 Å². The van der Waals surface area contributed by atoms with Crippen molar-refractivity contribution in [1.29, 1.82) is 0 Å². The van der Waals surface area contributed by atoms with Gasteiger partial charge in [-0.3, -0.25) is 19.3 Å². The Morgan fingerprint density at radius 2 is 1.85 bits per heavy atom. The van der Waals surface area contributed by atoms with Gasteiger partial charge in [-0.05, 0) is 58.9 Å². The van der Waals surface area contributed by atoms with Crippen LogP contribution >= 0.6 is 0 Å². The number of carbonyl (C=O) groups excluding carboxylic acids is 3. The Labute approximate surface area is 227 Å². The number of carbonyl (C=O) groups is 3. The molecule has 3 aliphatic rings. The van der Waals surface area contributed by atoms with Crippen molar-refractivity contribution < 1.29 is 39.2 Å². The van der Waals surface area contributed by atoms with Crippen molar-refractivity contribution in [2.75, 3.05) is 41.9 Å². The van der Waals surface area contributed by atoms with Crippen LogP contribution < -0.4 is 10.5 Å². The summed E-state index contributed by atoms with van der Waals surface area (Å²) in [5.41, 5.74) is 3.97. The number of phenolic OH excluding ortho intramolecular Hbond substituents is 1. The molecule has 5 N–H and O–H groups in total. The van der Waals surface area contributed by atoms with Crippen molar-refractivity contribution in [3.05, 3.63) is 39.7 Å². The lowest BCUT2D eigenvalue weighted by Gasteiger charge is -2.51. The second-order valence-corrected chi connectivity index (χ2v) is 10.8. The van der Waals surface area contributed by atoms with Crippen LogP contribution in [0.2, 0.25) is 0 Å². The average Bonchev–Trinajstić information content (AvgIpc) is 2.83. The molecule has 0 radical (unpaired) electrons. The lowest BCUT2D eigenvalue weighted by molar-refractivity contribution is -0.159. The summed E-state index contributed by atoms with van der Waals surface area (Å²) in [6.07, 6.45) is 1.34. The Morgan fingerprint density at radius 3 is 2.38 bits per heavy atom. The Kier molecular flexibility index (Phi) is 7.54. The van der Waals surface area contributed by atoms with Gasteiger partial charge in [0.25, 0.3) is 5.91 Å². The number of nitrogens with zero attached hydrogens (tertiary/aromatic N) is 2. The molecule has 11 nitrogen and oxygen atoms in total. The molecule has 1 aromatic carbocycles. The summed E-state index contributed by atoms with van der Waals surface area (Å²) in [4.78, 5) is 43.5. The molecular formula is C28H37N3O8. The summed E-state index contributed by atoms with van der Waals surface area (Å²) in [5.74, 6) is -5.11. The molecule has 3 aliphatic carbocycles. The van der Waals surface area contributed by atoms with Crippen LogP contribution in [0.25, 0.3) is 5.76 Å². The van der Waals surface area contributed by atoms with Crippen molar-refractivity contribution in [2.45, 2.75) is 44.4 Å². The fraction of sp³-hybridized carbons (Fsp3) is 0.536. The SMILES string of the molecule is CCCN(C)Cc1cc(O)c2c(c1OC)CC1CC3[C@H](N(C)C)C(=O)C(C(N)=O)=C(O)[C@@]3(OC)C(=O)C1=C2O. The van der Waals surface area contributed by atoms with Crippen LogP contribution in [0.4, 0.5) is 0 Å². The van der Waals surface area contributed by atoms with E-state index in [0.29, 0.717) is 17.9 Å². The van der Waals surface area contributed by atoms with Gasteiger partial charge in [-0.1, -0.05) is 6.92 Å². The smallest absolute Gasteiger partial charge is 0.255 e. The maximum Gasteiger partial charge on any atom is 0.255 e. The van der Waals surface area contributed by atoms with Crippen LogP contribution in [0.5, 0.6) is 11.5 Å². The number of methoxy groups -OCH3 is 2. The molecule has 0 heterocycles. The number of aromatic hydroxyl groups is 1. The van der Waals surface area contributed by atoms with Gasteiger partial charge >= 0.3 is 0 Å². The fourth-order valence-electron chi connectivity index (χ4n) is 6.80. The van der Waals surface area contributed by atoms with Gasteiger partial charge < -0.3 is 35.4 Å². The first kappa shape index (κ1) is 28.6. The van der Waals surface area contributed by atoms with E-state index in [1.807, 2.05) is 7.05 Å². The lowest BCUT2D eigenvalue weighted by atomic mass is 9.57. The van der Waals surface area contributed by atoms with Gasteiger partial charge in [0.2, 0.25) is 5.78 Å². The van der Waals surface area contributed by atoms with E-state index in [1.54, 1.807) is 19.0 Å². The summed E-state index contributed by atoms with van der Waals surface area (Å²) < 4.78 is 11.5. The van der Waals surface area contributed by atoms with Crippen LogP contribution in [0.3, 0.4) is 0 Å². The third kappa shape index (κ3) is 4.11. The number of phenols is 1. The molecular weight excluding hydrogens is 506 g/mol. The van der Waals surface area contributed by atoms with Gasteiger partial charge in [-0.25, -0.2) is 0 Å². The van der Waals surface area contributed by atoms with Crippen LogP contribution in [-0.2, 0) is 32.1 Å².